The van der Waals surface area contributed by atoms with E-state index in [2.05, 4.69) is 25.1 Å². The second kappa shape index (κ2) is 4.94. The van der Waals surface area contributed by atoms with Crippen molar-refractivity contribution < 1.29 is 9.90 Å². The molecule has 2 rings (SSSR count). The van der Waals surface area contributed by atoms with Crippen LogP contribution in [0.15, 0.2) is 18.2 Å². The zero-order valence-corrected chi connectivity index (χ0v) is 9.16. The van der Waals surface area contributed by atoms with E-state index in [9.17, 15) is 0 Å². The lowest BCUT2D eigenvalue weighted by Crippen LogP contribution is -2.05. The Morgan fingerprint density at radius 3 is 2.73 bits per heavy atom. The zero-order chi connectivity index (χ0) is 11.4. The highest BCUT2D eigenvalue weighted by atomic mass is 16.4. The van der Waals surface area contributed by atoms with Crippen LogP contribution in [0.5, 0.6) is 0 Å². The Kier molecular flexibility index (Phi) is 3.86. The van der Waals surface area contributed by atoms with Crippen LogP contribution < -0.4 is 5.73 Å². The molecular weight excluding hydrogens is 190 g/mol. The monoisotopic (exact) mass is 207 g/mol. The van der Waals surface area contributed by atoms with Gasteiger partial charge in [0.25, 0.3) is 5.97 Å². The van der Waals surface area contributed by atoms with Crippen LogP contribution in [0.1, 0.15) is 36.1 Å². The van der Waals surface area contributed by atoms with E-state index in [1.54, 1.807) is 0 Å². The second-order valence-electron chi connectivity index (χ2n) is 3.87. The number of carboxylic acid groups (broad SMARTS) is 1. The lowest BCUT2D eigenvalue weighted by atomic mass is 10.1. The molecule has 1 aliphatic carbocycles. The fraction of sp³-hybridized carbons (Fsp3) is 0.417. The van der Waals surface area contributed by atoms with Crippen molar-refractivity contribution in [3.63, 3.8) is 0 Å². The van der Waals surface area contributed by atoms with Gasteiger partial charge in [0.05, 0.1) is 0 Å². The smallest absolute Gasteiger partial charge is 0.300 e. The molecule has 1 aromatic carbocycles. The number of benzene rings is 1. The number of hydrogen-bond acceptors (Lipinski definition) is 2. The van der Waals surface area contributed by atoms with Crippen LogP contribution in [0.2, 0.25) is 0 Å². The predicted molar refractivity (Wildman–Crippen MR) is 59.7 cm³/mol. The van der Waals surface area contributed by atoms with Crippen LogP contribution in [0.3, 0.4) is 0 Å². The molecule has 15 heavy (non-hydrogen) atoms. The Balaban J connectivity index is 0.000000245. The van der Waals surface area contributed by atoms with Gasteiger partial charge in [-0.15, -0.1) is 0 Å². The molecule has 1 aliphatic rings. The molecule has 3 nitrogen and oxygen atoms in total. The average Bonchev–Trinajstić information content (AvgIpc) is 2.47. The van der Waals surface area contributed by atoms with Gasteiger partial charge in [0.2, 0.25) is 0 Å². The van der Waals surface area contributed by atoms with Crippen molar-refractivity contribution >= 4 is 5.97 Å². The second-order valence-corrected chi connectivity index (χ2v) is 3.87. The molecule has 1 unspecified atom stereocenters. The molecule has 0 amide bonds. The van der Waals surface area contributed by atoms with E-state index < -0.39 is 5.97 Å². The predicted octanol–water partition coefficient (Wildman–Crippen LogP) is 2.03. The van der Waals surface area contributed by atoms with E-state index in [0.29, 0.717) is 6.04 Å². The van der Waals surface area contributed by atoms with Gasteiger partial charge in [0, 0.05) is 13.0 Å². The molecule has 0 saturated heterocycles. The molecule has 0 bridgehead atoms. The molecule has 3 N–H and O–H groups in total. The SMILES string of the molecule is CC(=O)O.Cc1ccc2c(c1)C(N)CC2. The van der Waals surface area contributed by atoms with Crippen molar-refractivity contribution in [3.8, 4) is 0 Å². The first-order valence-corrected chi connectivity index (χ1v) is 5.05. The maximum absolute atomic E-state index is 9.00. The van der Waals surface area contributed by atoms with Gasteiger partial charge in [-0.05, 0) is 30.9 Å². The van der Waals surface area contributed by atoms with E-state index in [4.69, 9.17) is 15.6 Å². The van der Waals surface area contributed by atoms with Gasteiger partial charge in [0.1, 0.15) is 0 Å². The summed E-state index contributed by atoms with van der Waals surface area (Å²) in [5.41, 5.74) is 10.0. The molecule has 0 heterocycles. The van der Waals surface area contributed by atoms with Crippen molar-refractivity contribution in [1.82, 2.24) is 0 Å². The first-order chi connectivity index (χ1) is 7.00. The molecule has 82 valence electrons. The van der Waals surface area contributed by atoms with Gasteiger partial charge < -0.3 is 10.8 Å². The van der Waals surface area contributed by atoms with E-state index in [0.717, 1.165) is 19.8 Å². The fourth-order valence-corrected chi connectivity index (χ4v) is 1.75. The highest BCUT2D eigenvalue weighted by molar-refractivity contribution is 5.62. The Morgan fingerprint density at radius 2 is 2.13 bits per heavy atom. The van der Waals surface area contributed by atoms with Crippen LogP contribution >= 0.6 is 0 Å². The van der Waals surface area contributed by atoms with Crippen molar-refractivity contribution in [2.24, 2.45) is 5.73 Å². The summed E-state index contributed by atoms with van der Waals surface area (Å²) in [7, 11) is 0. The van der Waals surface area contributed by atoms with Gasteiger partial charge in [-0.25, -0.2) is 0 Å². The first kappa shape index (κ1) is 11.7. The maximum atomic E-state index is 9.00. The Bertz CT molecular complexity index is 357. The van der Waals surface area contributed by atoms with E-state index in [-0.39, 0.29) is 0 Å². The first-order valence-electron chi connectivity index (χ1n) is 5.05. The topological polar surface area (TPSA) is 63.3 Å². The summed E-state index contributed by atoms with van der Waals surface area (Å²) in [5.74, 6) is -0.833. The summed E-state index contributed by atoms with van der Waals surface area (Å²) in [6, 6.07) is 6.88. The van der Waals surface area contributed by atoms with Gasteiger partial charge >= 0.3 is 0 Å². The van der Waals surface area contributed by atoms with Crippen molar-refractivity contribution in [2.75, 3.05) is 0 Å². The highest BCUT2D eigenvalue weighted by Crippen LogP contribution is 2.29. The molecule has 0 radical (unpaired) electrons. The van der Waals surface area contributed by atoms with E-state index >= 15 is 0 Å². The van der Waals surface area contributed by atoms with E-state index in [1.807, 2.05) is 0 Å². The molecule has 3 heteroatoms. The summed E-state index contributed by atoms with van der Waals surface area (Å²) < 4.78 is 0. The number of carbonyl (C=O) groups is 1. The number of nitrogens with two attached hydrogens (primary N) is 1. The largest absolute Gasteiger partial charge is 0.481 e. The number of rotatable bonds is 0. The van der Waals surface area contributed by atoms with Gasteiger partial charge in [-0.2, -0.15) is 0 Å². The van der Waals surface area contributed by atoms with Crippen LogP contribution in [-0.2, 0) is 11.2 Å². The quantitative estimate of drug-likeness (QED) is 0.684. The van der Waals surface area contributed by atoms with Crippen molar-refractivity contribution in [2.45, 2.75) is 32.7 Å². The molecule has 1 atom stereocenters. The number of aliphatic carboxylic acids is 1. The van der Waals surface area contributed by atoms with Crippen LogP contribution in [0, 0.1) is 6.92 Å². The van der Waals surface area contributed by atoms with Gasteiger partial charge in [0.15, 0.2) is 0 Å². The third-order valence-corrected chi connectivity index (χ3v) is 2.43. The van der Waals surface area contributed by atoms with Gasteiger partial charge in [-0.3, -0.25) is 4.79 Å². The number of fused-ring (bicyclic) bond motifs is 1. The molecule has 0 spiro atoms. The van der Waals surface area contributed by atoms with Crippen molar-refractivity contribution in [1.29, 1.82) is 0 Å². The molecule has 0 aromatic heterocycles. The van der Waals surface area contributed by atoms with Crippen molar-refractivity contribution in [3.05, 3.63) is 34.9 Å². The molecular formula is C12H17NO2. The molecule has 0 saturated carbocycles. The lowest BCUT2D eigenvalue weighted by molar-refractivity contribution is -0.134. The summed E-state index contributed by atoms with van der Waals surface area (Å²) in [4.78, 5) is 9.00. The lowest BCUT2D eigenvalue weighted by Gasteiger charge is -2.04. The average molecular weight is 207 g/mol. The Hall–Kier alpha value is -1.35. The zero-order valence-electron chi connectivity index (χ0n) is 9.16. The molecule has 0 aliphatic heterocycles. The number of carboxylic acids is 1. The summed E-state index contributed by atoms with van der Waals surface area (Å²) in [5, 5.41) is 7.42. The minimum Gasteiger partial charge on any atom is -0.481 e. The molecule has 1 aromatic rings. The van der Waals surface area contributed by atoms with Crippen LogP contribution in [0.25, 0.3) is 0 Å². The minimum atomic E-state index is -0.833. The highest BCUT2D eigenvalue weighted by Gasteiger charge is 2.17. The number of aryl methyl sites for hydroxylation is 2. The third kappa shape index (κ3) is 3.36. The van der Waals surface area contributed by atoms with Gasteiger partial charge in [-0.1, -0.05) is 23.8 Å². The van der Waals surface area contributed by atoms with Crippen LogP contribution in [-0.4, -0.2) is 11.1 Å². The molecule has 0 fully saturated rings. The standard InChI is InChI=1S/C10H13N.C2H4O2/c1-7-2-3-8-4-5-10(11)9(8)6-7;1-2(3)4/h2-3,6,10H,4-5,11H2,1H3;1H3,(H,3,4). The Labute approximate surface area is 89.9 Å². The summed E-state index contributed by atoms with van der Waals surface area (Å²) >= 11 is 0. The maximum Gasteiger partial charge on any atom is 0.300 e. The Morgan fingerprint density at radius 1 is 1.53 bits per heavy atom. The minimum absolute atomic E-state index is 0.296. The normalized spacial score (nSPS) is 17.7. The summed E-state index contributed by atoms with van der Waals surface area (Å²) in [6.07, 6.45) is 2.29. The summed E-state index contributed by atoms with van der Waals surface area (Å²) in [6.45, 7) is 3.20. The van der Waals surface area contributed by atoms with Crippen LogP contribution in [0.4, 0.5) is 0 Å². The fourth-order valence-electron chi connectivity index (χ4n) is 1.75. The number of hydrogen-bond donors (Lipinski definition) is 2. The third-order valence-electron chi connectivity index (χ3n) is 2.43. The van der Waals surface area contributed by atoms with E-state index in [1.165, 1.54) is 16.7 Å².